The molecule has 0 aromatic heterocycles. The Bertz CT molecular complexity index is 80.2. The van der Waals surface area contributed by atoms with Gasteiger partial charge in [0.2, 0.25) is 0 Å². The van der Waals surface area contributed by atoms with Crippen molar-refractivity contribution in [2.45, 2.75) is 18.7 Å². The lowest BCUT2D eigenvalue weighted by molar-refractivity contribution is -0.250. The molecule has 0 aliphatic heterocycles. The van der Waals surface area contributed by atoms with E-state index in [-0.39, 0.29) is 0 Å². The first-order valence-electron chi connectivity index (χ1n) is 1.85. The lowest BCUT2D eigenvalue weighted by Crippen LogP contribution is -2.36. The van der Waals surface area contributed by atoms with Gasteiger partial charge in [0.05, 0.1) is 0 Å². The lowest BCUT2D eigenvalue weighted by atomic mass is 10.4. The van der Waals surface area contributed by atoms with Crippen molar-refractivity contribution in [1.29, 1.82) is 0 Å². The highest BCUT2D eigenvalue weighted by molar-refractivity contribution is 4.70. The molecule has 0 fully saturated rings. The van der Waals surface area contributed by atoms with Gasteiger partial charge < -0.3 is 0 Å². The summed E-state index contributed by atoms with van der Waals surface area (Å²) in [4.78, 5) is 0. The van der Waals surface area contributed by atoms with E-state index in [1.165, 1.54) is 0 Å². The highest BCUT2D eigenvalue weighted by atomic mass is 19.3. The highest BCUT2D eigenvalue weighted by Gasteiger charge is 2.50. The van der Waals surface area contributed by atoms with Gasteiger partial charge in [-0.1, -0.05) is 0 Å². The zero-order valence-electron chi connectivity index (χ0n) is 3.95. The Kier molecular flexibility index (Phi) is 2.36. The molecule has 0 rings (SSSR count). The van der Waals surface area contributed by atoms with E-state index in [0.29, 0.717) is 0 Å². The first-order chi connectivity index (χ1) is 3.89. The molecule has 0 bridgehead atoms. The van der Waals surface area contributed by atoms with Gasteiger partial charge >= 0.3 is 12.3 Å². The minimum Gasteiger partial charge on any atom is -0.206 e. The normalized spacial score (nSPS) is 16.3. The van der Waals surface area contributed by atoms with Crippen molar-refractivity contribution in [1.82, 2.24) is 0 Å². The van der Waals surface area contributed by atoms with Crippen molar-refractivity contribution < 1.29 is 27.1 Å². The summed E-state index contributed by atoms with van der Waals surface area (Å²) in [6, 6.07) is 0. The standard InChI is InChI=1S/C3H2F5O/c4-1(5)3(7,8)2(6)9/h1-2H. The van der Waals surface area contributed by atoms with Crippen LogP contribution < -0.4 is 0 Å². The van der Waals surface area contributed by atoms with Crippen LogP contribution in [0.4, 0.5) is 22.0 Å². The van der Waals surface area contributed by atoms with E-state index >= 15 is 0 Å². The molecule has 55 valence electrons. The molecule has 0 saturated carbocycles. The van der Waals surface area contributed by atoms with Crippen LogP contribution in [-0.4, -0.2) is 18.7 Å². The average molecular weight is 149 g/mol. The largest absolute Gasteiger partial charge is 0.364 e. The fourth-order valence-corrected chi connectivity index (χ4v) is 0.0991. The Morgan fingerprint density at radius 3 is 1.44 bits per heavy atom. The van der Waals surface area contributed by atoms with E-state index in [1.54, 1.807) is 0 Å². The molecule has 0 aliphatic rings. The molecule has 0 N–H and O–H groups in total. The SMILES string of the molecule is [O]C(F)C(F)(F)C(F)F. The van der Waals surface area contributed by atoms with Crippen molar-refractivity contribution in [2.24, 2.45) is 0 Å². The van der Waals surface area contributed by atoms with Gasteiger partial charge in [0.1, 0.15) is 0 Å². The van der Waals surface area contributed by atoms with E-state index in [2.05, 4.69) is 0 Å². The third-order valence-electron chi connectivity index (χ3n) is 0.594. The fraction of sp³-hybridized carbons (Fsp3) is 1.00. The smallest absolute Gasteiger partial charge is 0.206 e. The highest BCUT2D eigenvalue weighted by Crippen LogP contribution is 2.27. The van der Waals surface area contributed by atoms with Crippen LogP contribution in [-0.2, 0) is 5.11 Å². The van der Waals surface area contributed by atoms with Crippen LogP contribution in [0.3, 0.4) is 0 Å². The monoisotopic (exact) mass is 149 g/mol. The second kappa shape index (κ2) is 2.47. The third kappa shape index (κ3) is 1.78. The second-order valence-electron chi connectivity index (χ2n) is 1.29. The lowest BCUT2D eigenvalue weighted by Gasteiger charge is -2.12. The van der Waals surface area contributed by atoms with Crippen molar-refractivity contribution in [3.8, 4) is 0 Å². The van der Waals surface area contributed by atoms with Crippen molar-refractivity contribution in [3.05, 3.63) is 0 Å². The average Bonchev–Trinajstić information content (AvgIpc) is 1.65. The molecular weight excluding hydrogens is 147 g/mol. The van der Waals surface area contributed by atoms with Crippen LogP contribution >= 0.6 is 0 Å². The maximum Gasteiger partial charge on any atom is 0.364 e. The van der Waals surface area contributed by atoms with Crippen molar-refractivity contribution in [3.63, 3.8) is 0 Å². The molecule has 0 heterocycles. The van der Waals surface area contributed by atoms with E-state index in [1.807, 2.05) is 0 Å². The maximum absolute atomic E-state index is 11.2. The molecule has 1 unspecified atom stereocenters. The number of hydrogen-bond acceptors (Lipinski definition) is 0. The molecule has 9 heavy (non-hydrogen) atoms. The molecule has 6 heteroatoms. The van der Waals surface area contributed by atoms with Crippen LogP contribution in [0.5, 0.6) is 0 Å². The fourth-order valence-electron chi connectivity index (χ4n) is 0.0991. The van der Waals surface area contributed by atoms with Gasteiger partial charge in [-0.2, -0.15) is 13.9 Å². The molecule has 1 atom stereocenters. The van der Waals surface area contributed by atoms with Gasteiger partial charge in [0.15, 0.2) is 0 Å². The number of alkyl halides is 5. The molecule has 0 saturated heterocycles. The number of halogens is 5. The summed E-state index contributed by atoms with van der Waals surface area (Å²) in [6.07, 6.45) is -8.28. The van der Waals surface area contributed by atoms with E-state index < -0.39 is 18.7 Å². The molecule has 1 nitrogen and oxygen atoms in total. The molecule has 0 aliphatic carbocycles. The quantitative estimate of drug-likeness (QED) is 0.531. The van der Waals surface area contributed by atoms with Crippen LogP contribution in [0.1, 0.15) is 0 Å². The summed E-state index contributed by atoms with van der Waals surface area (Å²) in [5.74, 6) is -5.06. The Balaban J connectivity index is 4.01. The van der Waals surface area contributed by atoms with Crippen LogP contribution in [0.15, 0.2) is 0 Å². The van der Waals surface area contributed by atoms with Crippen LogP contribution in [0, 0.1) is 0 Å². The number of hydrogen-bond donors (Lipinski definition) is 0. The van der Waals surface area contributed by atoms with E-state index in [9.17, 15) is 22.0 Å². The third-order valence-corrected chi connectivity index (χ3v) is 0.594. The minimum atomic E-state index is -5.06. The molecular formula is C3H2F5O. The predicted molar refractivity (Wildman–Crippen MR) is 16.5 cm³/mol. The summed E-state index contributed by atoms with van der Waals surface area (Å²) in [5.41, 5.74) is 0. The number of rotatable bonds is 2. The van der Waals surface area contributed by atoms with Gasteiger partial charge in [0.25, 0.3) is 6.36 Å². The maximum atomic E-state index is 11.2. The second-order valence-corrected chi connectivity index (χ2v) is 1.29. The Hall–Kier alpha value is -0.390. The van der Waals surface area contributed by atoms with Crippen molar-refractivity contribution >= 4 is 0 Å². The Morgan fingerprint density at radius 2 is 1.44 bits per heavy atom. The van der Waals surface area contributed by atoms with Crippen molar-refractivity contribution in [2.75, 3.05) is 0 Å². The van der Waals surface area contributed by atoms with Gasteiger partial charge in [-0.25, -0.2) is 13.2 Å². The molecule has 0 aromatic rings. The summed E-state index contributed by atoms with van der Waals surface area (Å²) in [6.45, 7) is 0. The first-order valence-corrected chi connectivity index (χ1v) is 1.85. The van der Waals surface area contributed by atoms with Gasteiger partial charge in [-0.05, 0) is 0 Å². The van der Waals surface area contributed by atoms with Crippen LogP contribution in [0.2, 0.25) is 0 Å². The summed E-state index contributed by atoms with van der Waals surface area (Å²) >= 11 is 0. The molecule has 0 spiro atoms. The topological polar surface area (TPSA) is 19.9 Å². The van der Waals surface area contributed by atoms with Gasteiger partial charge in [0, 0.05) is 0 Å². The summed E-state index contributed by atoms with van der Waals surface area (Å²) < 4.78 is 55.2. The molecule has 0 aromatic carbocycles. The van der Waals surface area contributed by atoms with Gasteiger partial charge in [-0.15, -0.1) is 0 Å². The molecule has 0 amide bonds. The summed E-state index contributed by atoms with van der Waals surface area (Å²) in [7, 11) is 0. The predicted octanol–water partition coefficient (Wildman–Crippen LogP) is 1.61. The molecule has 1 radical (unpaired) electrons. The van der Waals surface area contributed by atoms with E-state index in [4.69, 9.17) is 5.11 Å². The Morgan fingerprint density at radius 1 is 1.11 bits per heavy atom. The van der Waals surface area contributed by atoms with E-state index in [0.717, 1.165) is 0 Å². The zero-order chi connectivity index (χ0) is 7.65. The minimum absolute atomic E-state index is 4.04. The van der Waals surface area contributed by atoms with Crippen LogP contribution in [0.25, 0.3) is 0 Å². The first kappa shape index (κ1) is 8.61. The zero-order valence-corrected chi connectivity index (χ0v) is 3.95. The van der Waals surface area contributed by atoms with Gasteiger partial charge in [-0.3, -0.25) is 0 Å². The Labute approximate surface area is 47.1 Å². The summed E-state index contributed by atoms with van der Waals surface area (Å²) in [5, 5.41) is 9.09.